The third kappa shape index (κ3) is 3.85. The minimum Gasteiger partial charge on any atom is -0.383 e. The van der Waals surface area contributed by atoms with Crippen LogP contribution >= 0.6 is 0 Å². The van der Waals surface area contributed by atoms with Crippen LogP contribution in [0.15, 0.2) is 12.4 Å². The summed E-state index contributed by atoms with van der Waals surface area (Å²) in [5.74, 6) is 0. The largest absolute Gasteiger partial charge is 0.383 e. The Labute approximate surface area is 98.0 Å². The van der Waals surface area contributed by atoms with Crippen LogP contribution in [0.1, 0.15) is 27.7 Å². The zero-order chi connectivity index (χ0) is 12.2. The predicted octanol–water partition coefficient (Wildman–Crippen LogP) is 2.38. The second-order valence-electron chi connectivity index (χ2n) is 5.22. The number of hydrogen-bond acceptors (Lipinski definition) is 3. The minimum absolute atomic E-state index is 0.245. The quantitative estimate of drug-likeness (QED) is 0.836. The van der Waals surface area contributed by atoms with Crippen molar-refractivity contribution in [2.24, 2.45) is 5.41 Å². The Hall–Kier alpha value is -1.03. The molecule has 1 aromatic heterocycles. The van der Waals surface area contributed by atoms with Gasteiger partial charge in [-0.05, 0) is 12.3 Å². The van der Waals surface area contributed by atoms with Crippen LogP contribution in [0.3, 0.4) is 0 Å². The lowest BCUT2D eigenvalue weighted by atomic mass is 9.88. The highest BCUT2D eigenvalue weighted by Crippen LogP contribution is 2.22. The van der Waals surface area contributed by atoms with Gasteiger partial charge in [0, 0.05) is 19.3 Å². The van der Waals surface area contributed by atoms with Crippen molar-refractivity contribution in [1.29, 1.82) is 0 Å². The molecule has 1 N–H and O–H groups in total. The molecule has 0 aliphatic carbocycles. The van der Waals surface area contributed by atoms with Gasteiger partial charge in [-0.3, -0.25) is 4.68 Å². The van der Waals surface area contributed by atoms with E-state index >= 15 is 0 Å². The lowest BCUT2D eigenvalue weighted by Crippen LogP contribution is -2.30. The first-order chi connectivity index (χ1) is 7.43. The second kappa shape index (κ2) is 5.34. The second-order valence-corrected chi connectivity index (χ2v) is 5.22. The summed E-state index contributed by atoms with van der Waals surface area (Å²) in [5.41, 5.74) is 1.31. The van der Waals surface area contributed by atoms with Crippen molar-refractivity contribution >= 4 is 5.69 Å². The van der Waals surface area contributed by atoms with E-state index in [1.165, 1.54) is 0 Å². The molecular weight excluding hydrogens is 202 g/mol. The maximum atomic E-state index is 5.01. The SMILES string of the molecule is COCCn1cc(N[C@@H](C)C(C)(C)C)cn1. The first-order valence-electron chi connectivity index (χ1n) is 5.71. The van der Waals surface area contributed by atoms with Crippen molar-refractivity contribution in [1.82, 2.24) is 9.78 Å². The van der Waals surface area contributed by atoms with E-state index in [4.69, 9.17) is 4.74 Å². The first-order valence-corrected chi connectivity index (χ1v) is 5.71. The molecule has 4 nitrogen and oxygen atoms in total. The average Bonchev–Trinajstić information content (AvgIpc) is 2.61. The van der Waals surface area contributed by atoms with Crippen molar-refractivity contribution in [2.75, 3.05) is 19.0 Å². The van der Waals surface area contributed by atoms with Gasteiger partial charge in [0.25, 0.3) is 0 Å². The summed E-state index contributed by atoms with van der Waals surface area (Å²) < 4.78 is 6.90. The van der Waals surface area contributed by atoms with Gasteiger partial charge in [0.2, 0.25) is 0 Å². The van der Waals surface area contributed by atoms with Crippen molar-refractivity contribution < 1.29 is 4.74 Å². The van der Waals surface area contributed by atoms with Gasteiger partial charge >= 0.3 is 0 Å². The maximum Gasteiger partial charge on any atom is 0.0728 e. The topological polar surface area (TPSA) is 39.1 Å². The molecule has 4 heteroatoms. The van der Waals surface area contributed by atoms with Crippen LogP contribution in [0.2, 0.25) is 0 Å². The summed E-state index contributed by atoms with van der Waals surface area (Å²) in [7, 11) is 1.70. The Kier molecular flexibility index (Phi) is 4.35. The minimum atomic E-state index is 0.245. The molecule has 0 aromatic carbocycles. The van der Waals surface area contributed by atoms with E-state index in [0.29, 0.717) is 12.6 Å². The van der Waals surface area contributed by atoms with Crippen molar-refractivity contribution in [2.45, 2.75) is 40.3 Å². The number of nitrogens with one attached hydrogen (secondary N) is 1. The number of hydrogen-bond donors (Lipinski definition) is 1. The van der Waals surface area contributed by atoms with Gasteiger partial charge in [-0.1, -0.05) is 20.8 Å². The van der Waals surface area contributed by atoms with Crippen LogP contribution in [0.5, 0.6) is 0 Å². The molecule has 0 saturated carbocycles. The fraction of sp³-hybridized carbons (Fsp3) is 0.750. The Bertz CT molecular complexity index is 314. The van der Waals surface area contributed by atoms with Gasteiger partial charge in [-0.15, -0.1) is 0 Å². The number of nitrogens with zero attached hydrogens (tertiary/aromatic N) is 2. The summed E-state index contributed by atoms with van der Waals surface area (Å²) in [4.78, 5) is 0. The average molecular weight is 225 g/mol. The molecule has 92 valence electrons. The molecule has 1 rings (SSSR count). The van der Waals surface area contributed by atoms with Gasteiger partial charge < -0.3 is 10.1 Å². The van der Waals surface area contributed by atoms with E-state index in [1.54, 1.807) is 7.11 Å². The molecule has 1 atom stereocenters. The van der Waals surface area contributed by atoms with Gasteiger partial charge in [0.15, 0.2) is 0 Å². The normalized spacial score (nSPS) is 13.8. The zero-order valence-corrected chi connectivity index (χ0v) is 10.9. The van der Waals surface area contributed by atoms with Crippen molar-refractivity contribution in [3.05, 3.63) is 12.4 Å². The molecule has 0 unspecified atom stereocenters. The molecule has 0 spiro atoms. The molecule has 16 heavy (non-hydrogen) atoms. The molecule has 1 heterocycles. The summed E-state index contributed by atoms with van der Waals surface area (Å²) >= 11 is 0. The Morgan fingerprint density at radius 2 is 2.19 bits per heavy atom. The number of methoxy groups -OCH3 is 1. The van der Waals surface area contributed by atoms with Gasteiger partial charge in [-0.25, -0.2) is 0 Å². The molecule has 0 saturated heterocycles. The van der Waals surface area contributed by atoms with Crippen molar-refractivity contribution in [3.8, 4) is 0 Å². The first kappa shape index (κ1) is 13.0. The smallest absolute Gasteiger partial charge is 0.0728 e. The van der Waals surface area contributed by atoms with Gasteiger partial charge in [-0.2, -0.15) is 5.10 Å². The number of ether oxygens (including phenoxy) is 1. The zero-order valence-electron chi connectivity index (χ0n) is 10.9. The number of aromatic nitrogens is 2. The predicted molar refractivity (Wildman–Crippen MR) is 66.6 cm³/mol. The molecule has 0 fully saturated rings. The Balaban J connectivity index is 2.52. The highest BCUT2D eigenvalue weighted by atomic mass is 16.5. The maximum absolute atomic E-state index is 5.01. The van der Waals surface area contributed by atoms with Gasteiger partial charge in [0.05, 0.1) is 25.0 Å². The summed E-state index contributed by atoms with van der Waals surface area (Å²) in [6.45, 7) is 10.3. The Morgan fingerprint density at radius 3 is 2.75 bits per heavy atom. The molecule has 0 aliphatic rings. The third-order valence-corrected chi connectivity index (χ3v) is 2.84. The van der Waals surface area contributed by atoms with Crippen LogP contribution in [0, 0.1) is 5.41 Å². The third-order valence-electron chi connectivity index (χ3n) is 2.84. The highest BCUT2D eigenvalue weighted by molar-refractivity contribution is 5.39. The van der Waals surface area contributed by atoms with E-state index in [1.807, 2.05) is 17.1 Å². The molecular formula is C12H23N3O. The van der Waals surface area contributed by atoms with Crippen LogP contribution in [0.25, 0.3) is 0 Å². The fourth-order valence-electron chi connectivity index (χ4n) is 1.21. The molecule has 0 radical (unpaired) electrons. The van der Waals surface area contributed by atoms with Gasteiger partial charge in [0.1, 0.15) is 0 Å². The number of anilines is 1. The van der Waals surface area contributed by atoms with Crippen LogP contribution in [0.4, 0.5) is 5.69 Å². The fourth-order valence-corrected chi connectivity index (χ4v) is 1.21. The molecule has 0 amide bonds. The van der Waals surface area contributed by atoms with E-state index in [-0.39, 0.29) is 5.41 Å². The Morgan fingerprint density at radius 1 is 1.50 bits per heavy atom. The number of rotatable bonds is 5. The monoisotopic (exact) mass is 225 g/mol. The van der Waals surface area contributed by atoms with Crippen LogP contribution in [-0.4, -0.2) is 29.5 Å². The molecule has 1 aromatic rings. The van der Waals surface area contributed by atoms with Crippen molar-refractivity contribution in [3.63, 3.8) is 0 Å². The lowest BCUT2D eigenvalue weighted by Gasteiger charge is -2.28. The standard InChI is InChI=1S/C12H23N3O/c1-10(12(2,3)4)14-11-8-13-15(9-11)6-7-16-5/h8-10,14H,6-7H2,1-5H3/t10-/m0/s1. The molecule has 0 bridgehead atoms. The van der Waals surface area contributed by atoms with E-state index < -0.39 is 0 Å². The van der Waals surface area contributed by atoms with Crippen LogP contribution in [-0.2, 0) is 11.3 Å². The van der Waals surface area contributed by atoms with Crippen LogP contribution < -0.4 is 5.32 Å². The van der Waals surface area contributed by atoms with E-state index in [9.17, 15) is 0 Å². The summed E-state index contributed by atoms with van der Waals surface area (Å²) in [6.07, 6.45) is 3.87. The summed E-state index contributed by atoms with van der Waals surface area (Å²) in [5, 5.41) is 7.72. The highest BCUT2D eigenvalue weighted by Gasteiger charge is 2.19. The van der Waals surface area contributed by atoms with E-state index in [2.05, 4.69) is 38.1 Å². The summed E-state index contributed by atoms with van der Waals surface area (Å²) in [6, 6.07) is 0.410. The van der Waals surface area contributed by atoms with E-state index in [0.717, 1.165) is 12.2 Å². The lowest BCUT2D eigenvalue weighted by molar-refractivity contribution is 0.183. The molecule has 0 aliphatic heterocycles.